The van der Waals surface area contributed by atoms with Crippen LogP contribution in [0.25, 0.3) is 0 Å². The van der Waals surface area contributed by atoms with Crippen LogP contribution in [-0.4, -0.2) is 60.6 Å². The summed E-state index contributed by atoms with van der Waals surface area (Å²) in [6.07, 6.45) is 0. The van der Waals surface area contributed by atoms with Crippen LogP contribution < -0.4 is 9.47 Å². The Labute approximate surface area is 152 Å². The fourth-order valence-corrected chi connectivity index (χ4v) is 3.38. The predicted octanol–water partition coefficient (Wildman–Crippen LogP) is 2.18. The topological polar surface area (TPSA) is 54.9 Å². The number of carbonyl (C=O) groups excluding carboxylic acids is 1. The van der Waals surface area contributed by atoms with Crippen molar-refractivity contribution in [1.82, 2.24) is 14.8 Å². The number of amides is 1. The fraction of sp³-hybridized carbons (Fsp3) is 0.444. The van der Waals surface area contributed by atoms with E-state index < -0.39 is 0 Å². The van der Waals surface area contributed by atoms with Gasteiger partial charge < -0.3 is 14.4 Å². The van der Waals surface area contributed by atoms with Crippen LogP contribution >= 0.6 is 11.3 Å². The Morgan fingerprint density at radius 2 is 1.84 bits per heavy atom. The molecular formula is C18H23N3O3S. The molecule has 1 aromatic heterocycles. The Morgan fingerprint density at radius 1 is 1.16 bits per heavy atom. The molecule has 1 aliphatic rings. The molecule has 3 rings (SSSR count). The van der Waals surface area contributed by atoms with Gasteiger partial charge in [0.1, 0.15) is 11.5 Å². The van der Waals surface area contributed by atoms with Crippen molar-refractivity contribution in [2.24, 2.45) is 0 Å². The van der Waals surface area contributed by atoms with Crippen molar-refractivity contribution >= 4 is 17.2 Å². The molecule has 2 heterocycles. The minimum atomic E-state index is 0.0278. The summed E-state index contributed by atoms with van der Waals surface area (Å²) in [7, 11) is 1.62. The molecule has 1 saturated heterocycles. The van der Waals surface area contributed by atoms with E-state index in [1.807, 2.05) is 24.0 Å². The first-order valence-electron chi connectivity index (χ1n) is 8.32. The molecule has 6 nitrogen and oxygen atoms in total. The zero-order valence-corrected chi connectivity index (χ0v) is 15.4. The lowest BCUT2D eigenvalue weighted by Crippen LogP contribution is -2.49. The van der Waals surface area contributed by atoms with Gasteiger partial charge in [0.2, 0.25) is 0 Å². The summed E-state index contributed by atoms with van der Waals surface area (Å²) in [5.41, 5.74) is 1.12. The van der Waals surface area contributed by atoms with Crippen molar-refractivity contribution in [3.8, 4) is 11.5 Å². The van der Waals surface area contributed by atoms with Crippen LogP contribution in [-0.2, 0) is 11.3 Å². The van der Waals surface area contributed by atoms with Crippen LogP contribution in [0, 0.1) is 6.92 Å². The van der Waals surface area contributed by atoms with Crippen molar-refractivity contribution < 1.29 is 14.3 Å². The van der Waals surface area contributed by atoms with E-state index in [4.69, 9.17) is 9.47 Å². The molecule has 7 heteroatoms. The summed E-state index contributed by atoms with van der Waals surface area (Å²) in [6.45, 7) is 6.14. The summed E-state index contributed by atoms with van der Waals surface area (Å²) >= 11 is 1.68. The number of carbonyl (C=O) groups is 1. The second-order valence-electron chi connectivity index (χ2n) is 5.98. The number of nitrogens with zero attached hydrogens (tertiary/aromatic N) is 3. The number of benzene rings is 1. The van der Waals surface area contributed by atoms with Crippen molar-refractivity contribution in [2.75, 3.05) is 39.9 Å². The lowest BCUT2D eigenvalue weighted by Gasteiger charge is -2.34. The first-order chi connectivity index (χ1) is 12.1. The lowest BCUT2D eigenvalue weighted by atomic mass is 10.3. The molecule has 0 unspecified atom stereocenters. The molecule has 1 aromatic carbocycles. The molecule has 1 aliphatic heterocycles. The van der Waals surface area contributed by atoms with Crippen LogP contribution in [0.4, 0.5) is 0 Å². The molecule has 0 N–H and O–H groups in total. The summed E-state index contributed by atoms with van der Waals surface area (Å²) in [6, 6.07) is 7.25. The van der Waals surface area contributed by atoms with Gasteiger partial charge in [-0.2, -0.15) is 0 Å². The molecule has 0 atom stereocenters. The van der Waals surface area contributed by atoms with E-state index in [0.29, 0.717) is 5.75 Å². The van der Waals surface area contributed by atoms with Gasteiger partial charge in [0, 0.05) is 38.1 Å². The van der Waals surface area contributed by atoms with Gasteiger partial charge in [-0.3, -0.25) is 9.69 Å². The van der Waals surface area contributed by atoms with Gasteiger partial charge in [0.25, 0.3) is 5.91 Å². The molecule has 1 fully saturated rings. The first-order valence-corrected chi connectivity index (χ1v) is 9.20. The molecule has 0 saturated carbocycles. The SMILES string of the molecule is COc1ccc(OCC(=O)N2CCN(Cc3csc(C)n3)CC2)cc1. The van der Waals surface area contributed by atoms with E-state index in [2.05, 4.69) is 15.3 Å². The number of aryl methyl sites for hydroxylation is 1. The normalized spacial score (nSPS) is 15.2. The average Bonchev–Trinajstić information content (AvgIpc) is 3.05. The zero-order chi connectivity index (χ0) is 17.6. The van der Waals surface area contributed by atoms with E-state index in [0.717, 1.165) is 49.2 Å². The number of piperazine rings is 1. The van der Waals surface area contributed by atoms with E-state index in [1.165, 1.54) is 0 Å². The number of ether oxygens (including phenoxy) is 2. The highest BCUT2D eigenvalue weighted by Crippen LogP contribution is 2.17. The zero-order valence-electron chi connectivity index (χ0n) is 14.6. The third-order valence-electron chi connectivity index (χ3n) is 4.20. The number of thiazole rings is 1. The molecule has 0 spiro atoms. The van der Waals surface area contributed by atoms with Crippen molar-refractivity contribution in [3.05, 3.63) is 40.3 Å². The van der Waals surface area contributed by atoms with E-state index in [9.17, 15) is 4.79 Å². The van der Waals surface area contributed by atoms with Crippen molar-refractivity contribution in [3.63, 3.8) is 0 Å². The second kappa shape index (κ2) is 8.31. The second-order valence-corrected chi connectivity index (χ2v) is 7.04. The van der Waals surface area contributed by atoms with Crippen LogP contribution in [0.2, 0.25) is 0 Å². The maximum absolute atomic E-state index is 12.3. The number of rotatable bonds is 6. The molecule has 25 heavy (non-hydrogen) atoms. The quantitative estimate of drug-likeness (QED) is 0.789. The Balaban J connectivity index is 1.41. The first kappa shape index (κ1) is 17.7. The molecule has 134 valence electrons. The van der Waals surface area contributed by atoms with Crippen LogP contribution in [0.15, 0.2) is 29.6 Å². The maximum atomic E-state index is 12.3. The highest BCUT2D eigenvalue weighted by Gasteiger charge is 2.21. The van der Waals surface area contributed by atoms with Gasteiger partial charge in [-0.25, -0.2) is 4.98 Å². The van der Waals surface area contributed by atoms with Crippen molar-refractivity contribution in [2.45, 2.75) is 13.5 Å². The maximum Gasteiger partial charge on any atom is 0.260 e. The van der Waals surface area contributed by atoms with E-state index in [-0.39, 0.29) is 12.5 Å². The molecule has 0 bridgehead atoms. The summed E-state index contributed by atoms with van der Waals surface area (Å²) in [5, 5.41) is 3.20. The van der Waals surface area contributed by atoms with Gasteiger partial charge in [-0.1, -0.05) is 0 Å². The third-order valence-corrected chi connectivity index (χ3v) is 5.02. The Hall–Kier alpha value is -2.12. The van der Waals surface area contributed by atoms with Gasteiger partial charge in [0.15, 0.2) is 6.61 Å². The summed E-state index contributed by atoms with van der Waals surface area (Å²) in [5.74, 6) is 1.47. The monoisotopic (exact) mass is 361 g/mol. The van der Waals surface area contributed by atoms with Crippen LogP contribution in [0.3, 0.4) is 0 Å². The molecule has 2 aromatic rings. The van der Waals surface area contributed by atoms with Gasteiger partial charge >= 0.3 is 0 Å². The smallest absolute Gasteiger partial charge is 0.260 e. The molecular weight excluding hydrogens is 338 g/mol. The average molecular weight is 361 g/mol. The number of hydrogen-bond acceptors (Lipinski definition) is 6. The highest BCUT2D eigenvalue weighted by atomic mass is 32.1. The summed E-state index contributed by atoms with van der Waals surface area (Å²) < 4.78 is 10.7. The Bertz CT molecular complexity index is 694. The number of aromatic nitrogens is 1. The van der Waals surface area contributed by atoms with Crippen molar-refractivity contribution in [1.29, 1.82) is 0 Å². The Morgan fingerprint density at radius 3 is 2.44 bits per heavy atom. The molecule has 1 amide bonds. The minimum Gasteiger partial charge on any atom is -0.497 e. The summed E-state index contributed by atoms with van der Waals surface area (Å²) in [4.78, 5) is 21.0. The third kappa shape index (κ3) is 4.93. The number of hydrogen-bond donors (Lipinski definition) is 0. The lowest BCUT2D eigenvalue weighted by molar-refractivity contribution is -0.135. The van der Waals surface area contributed by atoms with Gasteiger partial charge in [-0.05, 0) is 31.2 Å². The predicted molar refractivity (Wildman–Crippen MR) is 97.2 cm³/mol. The van der Waals surface area contributed by atoms with Gasteiger partial charge in [-0.15, -0.1) is 11.3 Å². The minimum absolute atomic E-state index is 0.0278. The molecule has 0 radical (unpaired) electrons. The standard InChI is InChI=1S/C18H23N3O3S/c1-14-19-15(13-25-14)11-20-7-9-21(10-8-20)18(22)12-24-17-5-3-16(23-2)4-6-17/h3-6,13H,7-12H2,1-2H3. The van der Waals surface area contributed by atoms with Crippen LogP contribution in [0.5, 0.6) is 11.5 Å². The largest absolute Gasteiger partial charge is 0.497 e. The highest BCUT2D eigenvalue weighted by molar-refractivity contribution is 7.09. The van der Waals surface area contributed by atoms with E-state index >= 15 is 0 Å². The van der Waals surface area contributed by atoms with Gasteiger partial charge in [0.05, 0.1) is 17.8 Å². The van der Waals surface area contributed by atoms with Crippen LogP contribution in [0.1, 0.15) is 10.7 Å². The molecule has 0 aliphatic carbocycles. The Kier molecular flexibility index (Phi) is 5.88. The number of methoxy groups -OCH3 is 1. The van der Waals surface area contributed by atoms with E-state index in [1.54, 1.807) is 30.6 Å². The fourth-order valence-electron chi connectivity index (χ4n) is 2.77.